The number of phenolic OH excluding ortho intramolecular Hbond substituents is 1. The zero-order valence-electron chi connectivity index (χ0n) is 22.4. The number of rotatable bonds is 10. The number of nitrogens with one attached hydrogen (secondary N) is 2. The Bertz CT molecular complexity index is 1130. The topological polar surface area (TPSA) is 53.5 Å². The molecular weight excluding hydrogens is 444 g/mol. The van der Waals surface area contributed by atoms with E-state index in [4.69, 9.17) is 4.74 Å². The Morgan fingerprint density at radius 1 is 0.889 bits per heavy atom. The minimum Gasteiger partial charge on any atom is -0.508 e. The third-order valence-electron chi connectivity index (χ3n) is 7.17. The van der Waals surface area contributed by atoms with Gasteiger partial charge < -0.3 is 20.5 Å². The van der Waals surface area contributed by atoms with Gasteiger partial charge in [-0.25, -0.2) is 0 Å². The molecule has 0 aromatic heterocycles. The minimum absolute atomic E-state index is 0.168. The summed E-state index contributed by atoms with van der Waals surface area (Å²) in [6.45, 7) is 8.55. The van der Waals surface area contributed by atoms with Gasteiger partial charge in [-0.2, -0.15) is 0 Å². The lowest BCUT2D eigenvalue weighted by atomic mass is 9.79. The van der Waals surface area contributed by atoms with E-state index in [2.05, 4.69) is 79.9 Å². The van der Waals surface area contributed by atoms with Crippen LogP contribution >= 0.6 is 0 Å². The Kier molecular flexibility index (Phi) is 8.58. The van der Waals surface area contributed by atoms with Crippen molar-refractivity contribution in [2.45, 2.75) is 70.8 Å². The van der Waals surface area contributed by atoms with E-state index < -0.39 is 0 Å². The van der Waals surface area contributed by atoms with Gasteiger partial charge in [0.2, 0.25) is 0 Å². The van der Waals surface area contributed by atoms with Gasteiger partial charge in [-0.15, -0.1) is 0 Å². The molecule has 0 spiro atoms. The van der Waals surface area contributed by atoms with Crippen LogP contribution in [0.3, 0.4) is 0 Å². The standard InChI is InChI=1S/C32H42N2O2/c1-32(2,3)34-19-17-24-9-7-23(8-10-24)6-5-18-33-31-22-29(36-4)15-16-30(31)27-12-11-26-21-28(35)14-13-25(26)20-27/h7-10,13-16,21-22,27,33-35H,5-6,11-12,17-20H2,1-4H3. The first kappa shape index (κ1) is 26.1. The van der Waals surface area contributed by atoms with Crippen LogP contribution in [-0.4, -0.2) is 30.8 Å². The fourth-order valence-electron chi connectivity index (χ4n) is 5.15. The van der Waals surface area contributed by atoms with Gasteiger partial charge in [-0.05, 0) is 118 Å². The number of hydrogen-bond donors (Lipinski definition) is 3. The number of methoxy groups -OCH3 is 1. The number of aryl methyl sites for hydroxylation is 2. The third-order valence-corrected chi connectivity index (χ3v) is 7.17. The molecule has 0 bridgehead atoms. The predicted octanol–water partition coefficient (Wildman–Crippen LogP) is 6.65. The highest BCUT2D eigenvalue weighted by atomic mass is 16.5. The van der Waals surface area contributed by atoms with Crippen molar-refractivity contribution in [3.05, 3.63) is 88.5 Å². The van der Waals surface area contributed by atoms with Crippen molar-refractivity contribution in [1.29, 1.82) is 0 Å². The summed E-state index contributed by atoms with van der Waals surface area (Å²) in [5, 5.41) is 17.1. The smallest absolute Gasteiger partial charge is 0.120 e. The van der Waals surface area contributed by atoms with Gasteiger partial charge in [0.1, 0.15) is 11.5 Å². The number of fused-ring (bicyclic) bond motifs is 1. The molecule has 4 rings (SSSR count). The number of ether oxygens (including phenoxy) is 1. The molecule has 1 atom stereocenters. The van der Waals surface area contributed by atoms with E-state index >= 15 is 0 Å². The van der Waals surface area contributed by atoms with E-state index in [1.54, 1.807) is 7.11 Å². The second-order valence-corrected chi connectivity index (χ2v) is 11.1. The predicted molar refractivity (Wildman–Crippen MR) is 151 cm³/mol. The van der Waals surface area contributed by atoms with Crippen LogP contribution in [0.2, 0.25) is 0 Å². The molecule has 4 heteroatoms. The van der Waals surface area contributed by atoms with Crippen LogP contribution in [0.25, 0.3) is 0 Å². The number of anilines is 1. The van der Waals surface area contributed by atoms with Gasteiger partial charge in [0.05, 0.1) is 7.11 Å². The molecule has 4 nitrogen and oxygen atoms in total. The fourth-order valence-corrected chi connectivity index (χ4v) is 5.15. The van der Waals surface area contributed by atoms with Crippen LogP contribution in [0.4, 0.5) is 5.69 Å². The molecular formula is C32H42N2O2. The van der Waals surface area contributed by atoms with Crippen molar-refractivity contribution in [1.82, 2.24) is 5.32 Å². The Balaban J connectivity index is 1.32. The van der Waals surface area contributed by atoms with Crippen molar-refractivity contribution in [2.24, 2.45) is 0 Å². The van der Waals surface area contributed by atoms with Crippen molar-refractivity contribution in [3.8, 4) is 11.5 Å². The number of aromatic hydroxyl groups is 1. The van der Waals surface area contributed by atoms with E-state index in [1.165, 1.54) is 33.5 Å². The van der Waals surface area contributed by atoms with Crippen molar-refractivity contribution >= 4 is 5.69 Å². The first-order chi connectivity index (χ1) is 17.3. The molecule has 0 fully saturated rings. The second-order valence-electron chi connectivity index (χ2n) is 11.1. The summed E-state index contributed by atoms with van der Waals surface area (Å²) < 4.78 is 5.53. The van der Waals surface area contributed by atoms with Crippen LogP contribution in [-0.2, 0) is 25.7 Å². The Morgan fingerprint density at radius 3 is 2.36 bits per heavy atom. The summed E-state index contributed by atoms with van der Waals surface area (Å²) in [5.74, 6) is 1.72. The number of phenols is 1. The highest BCUT2D eigenvalue weighted by molar-refractivity contribution is 5.57. The van der Waals surface area contributed by atoms with Crippen molar-refractivity contribution < 1.29 is 9.84 Å². The van der Waals surface area contributed by atoms with Gasteiger partial charge in [0.15, 0.2) is 0 Å². The molecule has 0 radical (unpaired) electrons. The molecule has 0 aliphatic heterocycles. The highest BCUT2D eigenvalue weighted by Gasteiger charge is 2.23. The summed E-state index contributed by atoms with van der Waals surface area (Å²) in [6.07, 6.45) is 6.30. The quantitative estimate of drug-likeness (QED) is 0.281. The average molecular weight is 487 g/mol. The van der Waals surface area contributed by atoms with E-state index in [-0.39, 0.29) is 5.54 Å². The summed E-state index contributed by atoms with van der Waals surface area (Å²) >= 11 is 0. The maximum atomic E-state index is 9.82. The Labute approximate surface area is 217 Å². The molecule has 3 aromatic rings. The maximum absolute atomic E-state index is 9.82. The minimum atomic E-state index is 0.168. The summed E-state index contributed by atoms with van der Waals surface area (Å²) in [4.78, 5) is 0. The monoisotopic (exact) mass is 486 g/mol. The van der Waals surface area contributed by atoms with Gasteiger partial charge in [-0.1, -0.05) is 36.4 Å². The highest BCUT2D eigenvalue weighted by Crippen LogP contribution is 2.38. The van der Waals surface area contributed by atoms with Gasteiger partial charge >= 0.3 is 0 Å². The average Bonchev–Trinajstić information content (AvgIpc) is 2.86. The Hall–Kier alpha value is -2.98. The van der Waals surface area contributed by atoms with Crippen molar-refractivity contribution in [3.63, 3.8) is 0 Å². The molecule has 1 aliphatic rings. The zero-order valence-corrected chi connectivity index (χ0v) is 22.4. The molecule has 0 saturated carbocycles. The molecule has 0 saturated heterocycles. The van der Waals surface area contributed by atoms with E-state index in [1.807, 2.05) is 12.1 Å². The second kappa shape index (κ2) is 11.8. The molecule has 0 heterocycles. The van der Waals surface area contributed by atoms with Crippen LogP contribution < -0.4 is 15.4 Å². The van der Waals surface area contributed by atoms with Crippen molar-refractivity contribution in [2.75, 3.05) is 25.5 Å². The van der Waals surface area contributed by atoms with E-state index in [0.717, 1.165) is 57.4 Å². The number of hydrogen-bond acceptors (Lipinski definition) is 4. The van der Waals surface area contributed by atoms with Gasteiger partial charge in [0.25, 0.3) is 0 Å². The summed E-state index contributed by atoms with van der Waals surface area (Å²) in [5.41, 5.74) is 8.13. The molecule has 192 valence electrons. The lowest BCUT2D eigenvalue weighted by Gasteiger charge is -2.27. The molecule has 1 unspecified atom stereocenters. The zero-order chi connectivity index (χ0) is 25.5. The fraction of sp³-hybridized carbons (Fsp3) is 0.438. The van der Waals surface area contributed by atoms with Gasteiger partial charge in [0, 0.05) is 23.8 Å². The van der Waals surface area contributed by atoms with Crippen LogP contribution in [0.15, 0.2) is 60.7 Å². The SMILES string of the molecule is COc1ccc(C2CCc3cc(O)ccc3C2)c(NCCCc2ccc(CCNC(C)(C)C)cc2)c1. The summed E-state index contributed by atoms with van der Waals surface area (Å²) in [7, 11) is 1.73. The van der Waals surface area contributed by atoms with Crippen LogP contribution in [0, 0.1) is 0 Å². The number of benzene rings is 3. The normalized spacial score (nSPS) is 15.4. The molecule has 3 aromatic carbocycles. The molecule has 1 aliphatic carbocycles. The molecule has 3 N–H and O–H groups in total. The van der Waals surface area contributed by atoms with Crippen LogP contribution in [0.5, 0.6) is 11.5 Å². The van der Waals surface area contributed by atoms with Gasteiger partial charge in [-0.3, -0.25) is 0 Å². The van der Waals surface area contributed by atoms with Crippen LogP contribution in [0.1, 0.15) is 67.3 Å². The van der Waals surface area contributed by atoms with E-state index in [9.17, 15) is 5.11 Å². The van der Waals surface area contributed by atoms with E-state index in [0.29, 0.717) is 11.7 Å². The Morgan fingerprint density at radius 2 is 1.64 bits per heavy atom. The molecule has 36 heavy (non-hydrogen) atoms. The summed E-state index contributed by atoms with van der Waals surface area (Å²) in [6, 6.07) is 21.4. The third kappa shape index (κ3) is 7.27. The lowest BCUT2D eigenvalue weighted by molar-refractivity contribution is 0.414. The first-order valence-corrected chi connectivity index (χ1v) is 13.4. The lowest BCUT2D eigenvalue weighted by Crippen LogP contribution is -2.37. The maximum Gasteiger partial charge on any atom is 0.120 e. The molecule has 0 amide bonds. The largest absolute Gasteiger partial charge is 0.508 e. The first-order valence-electron chi connectivity index (χ1n) is 13.4.